The van der Waals surface area contributed by atoms with Gasteiger partial charge in [0.05, 0.1) is 24.4 Å². The third kappa shape index (κ3) is 8.59. The van der Waals surface area contributed by atoms with Crippen molar-refractivity contribution in [3.05, 3.63) is 58.7 Å². The first-order chi connectivity index (χ1) is 15.9. The van der Waals surface area contributed by atoms with Gasteiger partial charge in [0.2, 0.25) is 0 Å². The van der Waals surface area contributed by atoms with Gasteiger partial charge in [0.1, 0.15) is 0 Å². The second-order valence-corrected chi connectivity index (χ2v) is 11.3. The third-order valence-corrected chi connectivity index (χ3v) is 6.79. The molecular formula is C28H44O6. The van der Waals surface area contributed by atoms with Crippen LogP contribution in [0.4, 0.5) is 0 Å². The van der Waals surface area contributed by atoms with Crippen molar-refractivity contribution in [1.29, 1.82) is 0 Å². The van der Waals surface area contributed by atoms with Crippen molar-refractivity contribution in [2.75, 3.05) is 13.2 Å². The van der Waals surface area contributed by atoms with Gasteiger partial charge in [0, 0.05) is 13.2 Å². The molecular weight excluding hydrogens is 432 g/mol. The molecule has 0 bridgehead atoms. The summed E-state index contributed by atoms with van der Waals surface area (Å²) in [7, 11) is 0. The molecule has 6 N–H and O–H groups in total. The third-order valence-electron chi connectivity index (χ3n) is 6.79. The first-order valence-corrected chi connectivity index (χ1v) is 12.3. The van der Waals surface area contributed by atoms with Gasteiger partial charge in [-0.15, -0.1) is 0 Å². The summed E-state index contributed by atoms with van der Waals surface area (Å²) in [6.07, 6.45) is 11.0. The van der Waals surface area contributed by atoms with Crippen LogP contribution in [0.15, 0.2) is 58.7 Å². The van der Waals surface area contributed by atoms with Crippen molar-refractivity contribution in [1.82, 2.24) is 0 Å². The molecule has 34 heavy (non-hydrogen) atoms. The van der Waals surface area contributed by atoms with E-state index in [1.54, 1.807) is 36.5 Å². The standard InChI is InChI=1S/C28H44O6/c1-27(2,17-29)11-5-7-19-13-23(31)15-21(25(19)33)9-10-22-16-24(32)14-20(26(22)34)8-6-12-28(3,4)18-30/h9-10,13-16,23-26,29-34H,5-8,11-12,17-18H2,1-4H3/b10-9-. The summed E-state index contributed by atoms with van der Waals surface area (Å²) in [6, 6.07) is 0. The molecule has 2 aliphatic rings. The van der Waals surface area contributed by atoms with E-state index in [9.17, 15) is 30.6 Å². The summed E-state index contributed by atoms with van der Waals surface area (Å²) >= 11 is 0. The van der Waals surface area contributed by atoms with Crippen molar-refractivity contribution in [3.8, 4) is 0 Å². The van der Waals surface area contributed by atoms with Crippen LogP contribution >= 0.6 is 0 Å². The Bertz CT molecular complexity index is 762. The van der Waals surface area contributed by atoms with Gasteiger partial charge in [-0.05, 0) is 83.8 Å². The Hall–Kier alpha value is -1.54. The maximum atomic E-state index is 10.8. The largest absolute Gasteiger partial charge is 0.396 e. The fourth-order valence-electron chi connectivity index (χ4n) is 4.35. The number of aliphatic hydroxyl groups excluding tert-OH is 6. The molecule has 0 aromatic carbocycles. The molecule has 2 aliphatic carbocycles. The highest BCUT2D eigenvalue weighted by molar-refractivity contribution is 5.44. The zero-order valence-corrected chi connectivity index (χ0v) is 21.1. The molecule has 192 valence electrons. The Labute approximate surface area is 204 Å². The van der Waals surface area contributed by atoms with Crippen LogP contribution in [-0.4, -0.2) is 68.3 Å². The minimum atomic E-state index is -0.848. The second-order valence-electron chi connectivity index (χ2n) is 11.3. The van der Waals surface area contributed by atoms with Gasteiger partial charge < -0.3 is 30.6 Å². The minimum absolute atomic E-state index is 0.101. The molecule has 4 atom stereocenters. The molecule has 0 aliphatic heterocycles. The van der Waals surface area contributed by atoms with E-state index in [1.165, 1.54) is 0 Å². The van der Waals surface area contributed by atoms with Crippen LogP contribution in [0, 0.1) is 10.8 Å². The van der Waals surface area contributed by atoms with E-state index in [0.29, 0.717) is 24.0 Å². The number of aliphatic hydroxyl groups is 6. The van der Waals surface area contributed by atoms with Crippen LogP contribution in [0.5, 0.6) is 0 Å². The minimum Gasteiger partial charge on any atom is -0.396 e. The van der Waals surface area contributed by atoms with Crippen molar-refractivity contribution >= 4 is 0 Å². The summed E-state index contributed by atoms with van der Waals surface area (Å²) in [5, 5.41) is 61.1. The smallest absolute Gasteiger partial charge is 0.1000 e. The zero-order chi connectivity index (χ0) is 25.5. The summed E-state index contributed by atoms with van der Waals surface area (Å²) in [5.74, 6) is 0. The Morgan fingerprint density at radius 1 is 0.647 bits per heavy atom. The van der Waals surface area contributed by atoms with Crippen molar-refractivity contribution < 1.29 is 30.6 Å². The number of hydrogen-bond acceptors (Lipinski definition) is 6. The van der Waals surface area contributed by atoms with E-state index in [-0.39, 0.29) is 24.0 Å². The van der Waals surface area contributed by atoms with Gasteiger partial charge in [-0.1, -0.05) is 52.0 Å². The maximum Gasteiger partial charge on any atom is 0.1000 e. The molecule has 4 unspecified atom stereocenters. The molecule has 0 saturated carbocycles. The lowest BCUT2D eigenvalue weighted by molar-refractivity contribution is 0.146. The van der Waals surface area contributed by atoms with Crippen LogP contribution < -0.4 is 0 Å². The van der Waals surface area contributed by atoms with Gasteiger partial charge in [-0.3, -0.25) is 0 Å². The summed E-state index contributed by atoms with van der Waals surface area (Å²) < 4.78 is 0. The van der Waals surface area contributed by atoms with Crippen LogP contribution in [0.2, 0.25) is 0 Å². The highest BCUT2D eigenvalue weighted by Gasteiger charge is 2.25. The fraction of sp³-hybridized carbons (Fsp3) is 0.643. The normalized spacial score (nSPS) is 26.3. The lowest BCUT2D eigenvalue weighted by Crippen LogP contribution is -2.23. The van der Waals surface area contributed by atoms with Crippen LogP contribution in [0.3, 0.4) is 0 Å². The van der Waals surface area contributed by atoms with Crippen molar-refractivity contribution in [3.63, 3.8) is 0 Å². The van der Waals surface area contributed by atoms with Gasteiger partial charge in [-0.2, -0.15) is 0 Å². The first kappa shape index (κ1) is 28.7. The van der Waals surface area contributed by atoms with E-state index < -0.39 is 24.4 Å². The molecule has 0 saturated heterocycles. The van der Waals surface area contributed by atoms with E-state index in [4.69, 9.17) is 0 Å². The molecule has 0 heterocycles. The van der Waals surface area contributed by atoms with Gasteiger partial charge in [-0.25, -0.2) is 0 Å². The van der Waals surface area contributed by atoms with Gasteiger partial charge >= 0.3 is 0 Å². The molecule has 0 amide bonds. The fourth-order valence-corrected chi connectivity index (χ4v) is 4.35. The van der Waals surface area contributed by atoms with E-state index in [1.807, 2.05) is 27.7 Å². The Balaban J connectivity index is 2.01. The molecule has 0 fully saturated rings. The van der Waals surface area contributed by atoms with E-state index in [2.05, 4.69) is 0 Å². The quantitative estimate of drug-likeness (QED) is 0.241. The summed E-state index contributed by atoms with van der Waals surface area (Å²) in [4.78, 5) is 0. The Kier molecular flexibility index (Phi) is 10.5. The molecule has 6 nitrogen and oxygen atoms in total. The monoisotopic (exact) mass is 476 g/mol. The van der Waals surface area contributed by atoms with E-state index >= 15 is 0 Å². The van der Waals surface area contributed by atoms with Crippen LogP contribution in [-0.2, 0) is 0 Å². The Morgan fingerprint density at radius 3 is 1.32 bits per heavy atom. The van der Waals surface area contributed by atoms with Crippen molar-refractivity contribution in [2.45, 2.75) is 90.6 Å². The highest BCUT2D eigenvalue weighted by atomic mass is 16.3. The lowest BCUT2D eigenvalue weighted by Gasteiger charge is -2.26. The number of rotatable bonds is 12. The van der Waals surface area contributed by atoms with Gasteiger partial charge in [0.25, 0.3) is 0 Å². The molecule has 0 spiro atoms. The SMILES string of the molecule is CC(C)(CO)CCCC1=CC(O)C=C(/C=C\C2=CC(O)C=C(CCCC(C)(C)CO)C2O)C1O. The molecule has 0 aromatic heterocycles. The predicted molar refractivity (Wildman–Crippen MR) is 135 cm³/mol. The molecule has 6 heteroatoms. The zero-order valence-electron chi connectivity index (χ0n) is 21.1. The van der Waals surface area contributed by atoms with Crippen LogP contribution in [0.25, 0.3) is 0 Å². The molecule has 0 radical (unpaired) electrons. The molecule has 2 rings (SSSR count). The Morgan fingerprint density at radius 2 is 1.00 bits per heavy atom. The van der Waals surface area contributed by atoms with Crippen LogP contribution in [0.1, 0.15) is 66.2 Å². The maximum absolute atomic E-state index is 10.8. The van der Waals surface area contributed by atoms with Gasteiger partial charge in [0.15, 0.2) is 0 Å². The number of hydrogen-bond donors (Lipinski definition) is 6. The summed E-state index contributed by atoms with van der Waals surface area (Å²) in [5.41, 5.74) is 2.23. The lowest BCUT2D eigenvalue weighted by atomic mass is 9.84. The molecule has 0 aromatic rings. The second kappa shape index (κ2) is 12.4. The predicted octanol–water partition coefficient (Wildman–Crippen LogP) is 3.10. The summed E-state index contributed by atoms with van der Waals surface area (Å²) in [6.45, 7) is 8.18. The topological polar surface area (TPSA) is 121 Å². The first-order valence-electron chi connectivity index (χ1n) is 12.3. The van der Waals surface area contributed by atoms with E-state index in [0.717, 1.165) is 36.8 Å². The average molecular weight is 477 g/mol. The highest BCUT2D eigenvalue weighted by Crippen LogP contribution is 2.31. The van der Waals surface area contributed by atoms with Crippen molar-refractivity contribution in [2.24, 2.45) is 10.8 Å². The average Bonchev–Trinajstić information content (AvgIpc) is 2.77.